The van der Waals surface area contributed by atoms with E-state index in [2.05, 4.69) is 31.9 Å². The minimum Gasteiger partial charge on any atom is -0.477 e. The molecular formula is C8H3Br2NO3. The van der Waals surface area contributed by atoms with Crippen molar-refractivity contribution in [2.45, 2.75) is 0 Å². The van der Waals surface area contributed by atoms with Crippen molar-refractivity contribution in [3.63, 3.8) is 0 Å². The fourth-order valence-corrected chi connectivity index (χ4v) is 1.33. The topological polar surface area (TPSA) is 74.2 Å². The van der Waals surface area contributed by atoms with Crippen molar-refractivity contribution in [3.05, 3.63) is 26.5 Å². The summed E-state index contributed by atoms with van der Waals surface area (Å²) in [4.78, 5) is 10.5. The molecule has 1 aromatic heterocycles. The van der Waals surface area contributed by atoms with Crippen molar-refractivity contribution >= 4 is 43.9 Å². The molecule has 0 atom stereocenters. The zero-order chi connectivity index (χ0) is 10.7. The van der Waals surface area contributed by atoms with Crippen molar-refractivity contribution in [2.24, 2.45) is 0 Å². The smallest absolute Gasteiger partial charge is 0.346 e. The maximum atomic E-state index is 10.5. The molecule has 0 aliphatic rings. The van der Waals surface area contributed by atoms with Gasteiger partial charge in [0.2, 0.25) is 0 Å². The lowest BCUT2D eigenvalue weighted by atomic mass is 10.2. The Bertz CT molecular complexity index is 422. The summed E-state index contributed by atoms with van der Waals surface area (Å²) in [5.41, 5.74) is -0.376. The van der Waals surface area contributed by atoms with E-state index in [1.54, 1.807) is 12.1 Å². The molecule has 0 amide bonds. The molecule has 0 saturated heterocycles. The molecule has 0 unspecified atom stereocenters. The van der Waals surface area contributed by atoms with Gasteiger partial charge >= 0.3 is 5.97 Å². The Labute approximate surface area is 96.1 Å². The van der Waals surface area contributed by atoms with Gasteiger partial charge in [-0.25, -0.2) is 4.79 Å². The fourth-order valence-electron chi connectivity index (χ4n) is 0.719. The lowest BCUT2D eigenvalue weighted by Crippen LogP contribution is -1.96. The van der Waals surface area contributed by atoms with Crippen LogP contribution in [-0.2, 0) is 4.79 Å². The van der Waals surface area contributed by atoms with Gasteiger partial charge in [0, 0.05) is 6.08 Å². The van der Waals surface area contributed by atoms with E-state index in [1.165, 1.54) is 0 Å². The third kappa shape index (κ3) is 2.47. The largest absolute Gasteiger partial charge is 0.477 e. The molecule has 0 aliphatic heterocycles. The Morgan fingerprint density at radius 3 is 2.64 bits per heavy atom. The monoisotopic (exact) mass is 319 g/mol. The number of hydrogen-bond donors (Lipinski definition) is 1. The van der Waals surface area contributed by atoms with Crippen molar-refractivity contribution in [1.29, 1.82) is 5.26 Å². The van der Waals surface area contributed by atoms with Crippen LogP contribution in [0.15, 0.2) is 25.2 Å². The highest BCUT2D eigenvalue weighted by Gasteiger charge is 2.09. The molecule has 14 heavy (non-hydrogen) atoms. The number of carboxylic acids is 1. The summed E-state index contributed by atoms with van der Waals surface area (Å²) in [6.45, 7) is 0. The number of nitriles is 1. The average molecular weight is 321 g/mol. The van der Waals surface area contributed by atoms with Crippen LogP contribution in [0.2, 0.25) is 0 Å². The van der Waals surface area contributed by atoms with E-state index >= 15 is 0 Å². The van der Waals surface area contributed by atoms with Gasteiger partial charge in [-0.1, -0.05) is 0 Å². The summed E-state index contributed by atoms with van der Waals surface area (Å²) >= 11 is 6.26. The number of rotatable bonds is 2. The summed E-state index contributed by atoms with van der Waals surface area (Å²) in [6.07, 6.45) is 1.15. The summed E-state index contributed by atoms with van der Waals surface area (Å²) in [7, 11) is 0. The first kappa shape index (κ1) is 11.0. The van der Waals surface area contributed by atoms with Gasteiger partial charge in [-0.15, -0.1) is 0 Å². The van der Waals surface area contributed by atoms with E-state index in [1.807, 2.05) is 0 Å². The number of halogens is 2. The van der Waals surface area contributed by atoms with Crippen molar-refractivity contribution in [1.82, 2.24) is 0 Å². The van der Waals surface area contributed by atoms with E-state index in [0.717, 1.165) is 6.08 Å². The Kier molecular flexibility index (Phi) is 3.49. The lowest BCUT2D eigenvalue weighted by molar-refractivity contribution is -0.132. The van der Waals surface area contributed by atoms with Gasteiger partial charge in [-0.2, -0.15) is 5.26 Å². The number of aliphatic carboxylic acids is 1. The molecule has 1 aromatic rings. The quantitative estimate of drug-likeness (QED) is 0.671. The second-order valence-electron chi connectivity index (χ2n) is 2.25. The molecular weight excluding hydrogens is 318 g/mol. The first-order chi connectivity index (χ1) is 6.54. The molecule has 6 heteroatoms. The standard InChI is InChI=1S/C8H3Br2NO3/c9-6-2-5(14-7(6)10)1-4(3-11)8(12)13/h1-2H,(H,12,13). The van der Waals surface area contributed by atoms with E-state index in [-0.39, 0.29) is 5.57 Å². The molecule has 1 N–H and O–H groups in total. The predicted molar refractivity (Wildman–Crippen MR) is 55.3 cm³/mol. The molecule has 72 valence electrons. The molecule has 0 saturated carbocycles. The van der Waals surface area contributed by atoms with Crippen molar-refractivity contribution in [3.8, 4) is 6.07 Å². The van der Waals surface area contributed by atoms with Crippen LogP contribution >= 0.6 is 31.9 Å². The van der Waals surface area contributed by atoms with Gasteiger partial charge in [-0.05, 0) is 37.9 Å². The minimum atomic E-state index is -1.28. The van der Waals surface area contributed by atoms with Gasteiger partial charge in [-0.3, -0.25) is 0 Å². The summed E-state index contributed by atoms with van der Waals surface area (Å²) < 4.78 is 6.18. The maximum absolute atomic E-state index is 10.5. The Morgan fingerprint density at radius 1 is 1.64 bits per heavy atom. The first-order valence-corrected chi connectivity index (χ1v) is 4.93. The molecule has 0 bridgehead atoms. The second-order valence-corrected chi connectivity index (χ2v) is 3.82. The fraction of sp³-hybridized carbons (Fsp3) is 0. The van der Waals surface area contributed by atoms with Crippen LogP contribution in [-0.4, -0.2) is 11.1 Å². The van der Waals surface area contributed by atoms with Gasteiger partial charge < -0.3 is 9.52 Å². The third-order valence-electron chi connectivity index (χ3n) is 1.30. The molecule has 0 aromatic carbocycles. The SMILES string of the molecule is N#CC(=Cc1cc(Br)c(Br)o1)C(=O)O. The van der Waals surface area contributed by atoms with Crippen LogP contribution in [0, 0.1) is 11.3 Å². The van der Waals surface area contributed by atoms with Crippen LogP contribution < -0.4 is 0 Å². The summed E-state index contributed by atoms with van der Waals surface area (Å²) in [5, 5.41) is 17.0. The minimum absolute atomic E-state index is 0.294. The van der Waals surface area contributed by atoms with Crippen LogP contribution in [0.4, 0.5) is 0 Å². The molecule has 0 spiro atoms. The zero-order valence-electron chi connectivity index (χ0n) is 6.62. The molecule has 0 aliphatic carbocycles. The molecule has 0 fully saturated rings. The number of hydrogen-bond acceptors (Lipinski definition) is 3. The third-order valence-corrected chi connectivity index (χ3v) is 3.01. The summed E-state index contributed by atoms with van der Waals surface area (Å²) in [6, 6.07) is 3.11. The number of nitrogens with zero attached hydrogens (tertiary/aromatic N) is 1. The van der Waals surface area contributed by atoms with E-state index in [9.17, 15) is 4.79 Å². The maximum Gasteiger partial charge on any atom is 0.346 e. The van der Waals surface area contributed by atoms with Crippen LogP contribution in [0.1, 0.15) is 5.76 Å². The van der Waals surface area contributed by atoms with E-state index in [0.29, 0.717) is 14.9 Å². The van der Waals surface area contributed by atoms with Crippen LogP contribution in [0.25, 0.3) is 6.08 Å². The number of carboxylic acid groups (broad SMARTS) is 1. The van der Waals surface area contributed by atoms with Crippen LogP contribution in [0.5, 0.6) is 0 Å². The molecule has 1 rings (SSSR count). The predicted octanol–water partition coefficient (Wildman–Crippen LogP) is 2.80. The van der Waals surface area contributed by atoms with Crippen LogP contribution in [0.3, 0.4) is 0 Å². The summed E-state index contributed by atoms with van der Waals surface area (Å²) in [5.74, 6) is -0.987. The highest BCUT2D eigenvalue weighted by atomic mass is 79.9. The first-order valence-electron chi connectivity index (χ1n) is 3.34. The lowest BCUT2D eigenvalue weighted by Gasteiger charge is -1.87. The Morgan fingerprint density at radius 2 is 2.29 bits per heavy atom. The average Bonchev–Trinajstić information content (AvgIpc) is 2.41. The molecule has 0 radical (unpaired) electrons. The van der Waals surface area contributed by atoms with E-state index in [4.69, 9.17) is 14.8 Å². The highest BCUT2D eigenvalue weighted by Crippen LogP contribution is 2.27. The number of furan rings is 1. The molecule has 1 heterocycles. The zero-order valence-corrected chi connectivity index (χ0v) is 9.79. The van der Waals surface area contributed by atoms with Gasteiger partial charge in [0.15, 0.2) is 4.67 Å². The normalized spacial score (nSPS) is 11.1. The van der Waals surface area contributed by atoms with Crippen molar-refractivity contribution in [2.75, 3.05) is 0 Å². The van der Waals surface area contributed by atoms with Gasteiger partial charge in [0.1, 0.15) is 17.4 Å². The van der Waals surface area contributed by atoms with E-state index < -0.39 is 5.97 Å². The van der Waals surface area contributed by atoms with Gasteiger partial charge in [0.25, 0.3) is 0 Å². The van der Waals surface area contributed by atoms with Gasteiger partial charge in [0.05, 0.1) is 4.47 Å². The van der Waals surface area contributed by atoms with Crippen molar-refractivity contribution < 1.29 is 14.3 Å². The molecule has 4 nitrogen and oxygen atoms in total. The second kappa shape index (κ2) is 4.44. The Balaban J connectivity index is 3.08. The Hall–Kier alpha value is -1.06. The highest BCUT2D eigenvalue weighted by molar-refractivity contribution is 9.13. The number of carbonyl (C=O) groups is 1.